The van der Waals surface area contributed by atoms with Gasteiger partial charge < -0.3 is 5.32 Å². The Morgan fingerprint density at radius 1 is 1.11 bits per heavy atom. The van der Waals surface area contributed by atoms with Gasteiger partial charge in [-0.3, -0.25) is 0 Å². The van der Waals surface area contributed by atoms with Crippen LogP contribution in [-0.2, 0) is 6.18 Å². The molecule has 1 nitrogen and oxygen atoms in total. The van der Waals surface area contributed by atoms with Gasteiger partial charge in [-0.1, -0.05) is 19.9 Å². The molecule has 0 aliphatic rings. The molecule has 1 N–H and O–H groups in total. The molecular weight excluding hydrogens is 251 g/mol. The maximum Gasteiger partial charge on any atom is 0.416 e. The molecule has 1 aromatic carbocycles. The summed E-state index contributed by atoms with van der Waals surface area (Å²) in [4.78, 5) is 0. The van der Waals surface area contributed by atoms with Crippen LogP contribution in [0.1, 0.15) is 44.7 Å². The fraction of sp³-hybridized carbons (Fsp3) is 0.600. The average Bonchev–Trinajstić information content (AvgIpc) is 2.27. The molecule has 0 bridgehead atoms. The number of alkyl halides is 3. The lowest BCUT2D eigenvalue weighted by Gasteiger charge is -2.18. The first-order valence-corrected chi connectivity index (χ1v) is 6.64. The highest BCUT2D eigenvalue weighted by atomic mass is 19.4. The van der Waals surface area contributed by atoms with E-state index in [-0.39, 0.29) is 11.6 Å². The molecule has 0 heterocycles. The second kappa shape index (κ2) is 6.31. The highest BCUT2D eigenvalue weighted by Crippen LogP contribution is 2.33. The van der Waals surface area contributed by atoms with Crippen molar-refractivity contribution in [3.63, 3.8) is 0 Å². The highest BCUT2D eigenvalue weighted by molar-refractivity contribution is 5.49. The molecule has 0 aliphatic heterocycles. The molecule has 0 radical (unpaired) electrons. The fourth-order valence-electron chi connectivity index (χ4n) is 1.96. The average molecular weight is 273 g/mol. The lowest BCUT2D eigenvalue weighted by molar-refractivity contribution is -0.138. The third kappa shape index (κ3) is 5.13. The minimum Gasteiger partial charge on any atom is -0.383 e. The molecule has 1 aromatic rings. The first-order valence-electron chi connectivity index (χ1n) is 6.64. The van der Waals surface area contributed by atoms with Gasteiger partial charge in [0, 0.05) is 11.7 Å². The largest absolute Gasteiger partial charge is 0.416 e. The van der Waals surface area contributed by atoms with Crippen molar-refractivity contribution in [2.24, 2.45) is 5.92 Å². The van der Waals surface area contributed by atoms with E-state index in [0.717, 1.165) is 12.8 Å². The van der Waals surface area contributed by atoms with Gasteiger partial charge in [0.05, 0.1) is 5.56 Å². The molecule has 0 amide bonds. The molecule has 0 aliphatic carbocycles. The molecule has 1 rings (SSSR count). The summed E-state index contributed by atoms with van der Waals surface area (Å²) in [6.07, 6.45) is -2.28. The topological polar surface area (TPSA) is 12.0 Å². The molecule has 0 spiro atoms. The van der Waals surface area contributed by atoms with Gasteiger partial charge in [-0.2, -0.15) is 13.2 Å². The van der Waals surface area contributed by atoms with Crippen LogP contribution in [0.5, 0.6) is 0 Å². The van der Waals surface area contributed by atoms with Crippen molar-refractivity contribution in [2.75, 3.05) is 5.32 Å². The van der Waals surface area contributed by atoms with Crippen LogP contribution in [0.2, 0.25) is 0 Å². The second-order valence-corrected chi connectivity index (χ2v) is 5.54. The number of halogens is 3. The van der Waals surface area contributed by atoms with E-state index in [9.17, 15) is 13.2 Å². The number of rotatable bonds is 5. The number of hydrogen-bond donors (Lipinski definition) is 1. The van der Waals surface area contributed by atoms with Crippen LogP contribution in [0, 0.1) is 12.8 Å². The summed E-state index contributed by atoms with van der Waals surface area (Å²) in [6, 6.07) is 4.59. The van der Waals surface area contributed by atoms with Crippen LogP contribution in [0.15, 0.2) is 18.2 Å². The van der Waals surface area contributed by atoms with Crippen LogP contribution >= 0.6 is 0 Å². The number of nitrogens with one attached hydrogen (secondary N) is 1. The third-order valence-corrected chi connectivity index (χ3v) is 3.13. The van der Waals surface area contributed by atoms with Crippen LogP contribution < -0.4 is 5.32 Å². The van der Waals surface area contributed by atoms with Gasteiger partial charge in [-0.05, 0) is 50.3 Å². The van der Waals surface area contributed by atoms with Crippen LogP contribution in [0.4, 0.5) is 18.9 Å². The summed E-state index contributed by atoms with van der Waals surface area (Å²) >= 11 is 0. The third-order valence-electron chi connectivity index (χ3n) is 3.13. The summed E-state index contributed by atoms with van der Waals surface area (Å²) in [5.41, 5.74) is 0.232. The normalized spacial score (nSPS) is 13.7. The molecule has 1 atom stereocenters. The van der Waals surface area contributed by atoms with Gasteiger partial charge in [0.15, 0.2) is 0 Å². The number of aryl methyl sites for hydroxylation is 1. The predicted octanol–water partition coefficient (Wildman–Crippen LogP) is 5.25. The smallest absolute Gasteiger partial charge is 0.383 e. The predicted molar refractivity (Wildman–Crippen MR) is 73.3 cm³/mol. The Morgan fingerprint density at radius 2 is 1.74 bits per heavy atom. The Balaban J connectivity index is 2.75. The van der Waals surface area contributed by atoms with Crippen molar-refractivity contribution in [3.05, 3.63) is 29.3 Å². The van der Waals surface area contributed by atoms with Gasteiger partial charge in [0.2, 0.25) is 0 Å². The van der Waals surface area contributed by atoms with Crippen molar-refractivity contribution in [1.82, 2.24) is 0 Å². The van der Waals surface area contributed by atoms with E-state index in [0.29, 0.717) is 11.6 Å². The quantitative estimate of drug-likeness (QED) is 0.772. The van der Waals surface area contributed by atoms with E-state index in [1.165, 1.54) is 19.1 Å². The van der Waals surface area contributed by atoms with E-state index in [1.54, 1.807) is 6.07 Å². The summed E-state index contributed by atoms with van der Waals surface area (Å²) < 4.78 is 38.4. The zero-order valence-corrected chi connectivity index (χ0v) is 11.9. The molecular formula is C15H22F3N. The lowest BCUT2D eigenvalue weighted by Crippen LogP contribution is -2.17. The van der Waals surface area contributed by atoms with Crippen LogP contribution in [0.3, 0.4) is 0 Å². The Hall–Kier alpha value is -1.19. The number of anilines is 1. The van der Waals surface area contributed by atoms with Gasteiger partial charge in [0.25, 0.3) is 0 Å². The van der Waals surface area contributed by atoms with Crippen molar-refractivity contribution in [1.29, 1.82) is 0 Å². The van der Waals surface area contributed by atoms with Gasteiger partial charge in [-0.25, -0.2) is 0 Å². The van der Waals surface area contributed by atoms with Gasteiger partial charge in [0.1, 0.15) is 0 Å². The first-order chi connectivity index (χ1) is 8.70. The van der Waals surface area contributed by atoms with E-state index in [2.05, 4.69) is 19.2 Å². The summed E-state index contributed by atoms with van der Waals surface area (Å²) in [6.45, 7) is 7.75. The van der Waals surface area contributed by atoms with Crippen LogP contribution in [-0.4, -0.2) is 6.04 Å². The molecule has 0 saturated carbocycles. The summed E-state index contributed by atoms with van der Waals surface area (Å²) in [5, 5.41) is 3.14. The maximum atomic E-state index is 12.8. The van der Waals surface area contributed by atoms with Crippen molar-refractivity contribution in [3.8, 4) is 0 Å². The maximum absolute atomic E-state index is 12.8. The van der Waals surface area contributed by atoms with Gasteiger partial charge >= 0.3 is 6.18 Å². The number of hydrogen-bond acceptors (Lipinski definition) is 1. The van der Waals surface area contributed by atoms with E-state index in [1.807, 2.05) is 6.92 Å². The minimum atomic E-state index is -4.29. The fourth-order valence-corrected chi connectivity index (χ4v) is 1.96. The molecule has 19 heavy (non-hydrogen) atoms. The monoisotopic (exact) mass is 273 g/mol. The minimum absolute atomic E-state index is 0.172. The molecule has 0 aromatic heterocycles. The highest BCUT2D eigenvalue weighted by Gasteiger charge is 2.32. The Morgan fingerprint density at radius 3 is 2.26 bits per heavy atom. The summed E-state index contributed by atoms with van der Waals surface area (Å²) in [7, 11) is 0. The summed E-state index contributed by atoms with van der Waals surface area (Å²) in [5.74, 6) is 0.605. The van der Waals surface area contributed by atoms with E-state index in [4.69, 9.17) is 0 Å². The zero-order chi connectivity index (χ0) is 14.6. The van der Waals surface area contributed by atoms with Crippen molar-refractivity contribution in [2.45, 2.75) is 52.8 Å². The number of benzene rings is 1. The SMILES string of the molecule is Cc1ccc(NC(C)CCC(C)C)cc1C(F)(F)F. The lowest BCUT2D eigenvalue weighted by atomic mass is 10.0. The Kier molecular flexibility index (Phi) is 5.27. The zero-order valence-electron chi connectivity index (χ0n) is 11.9. The van der Waals surface area contributed by atoms with Crippen molar-refractivity contribution >= 4 is 5.69 Å². The van der Waals surface area contributed by atoms with Crippen LogP contribution in [0.25, 0.3) is 0 Å². The van der Waals surface area contributed by atoms with E-state index < -0.39 is 11.7 Å². The molecule has 1 unspecified atom stereocenters. The molecule has 108 valence electrons. The van der Waals surface area contributed by atoms with E-state index >= 15 is 0 Å². The van der Waals surface area contributed by atoms with Gasteiger partial charge in [-0.15, -0.1) is 0 Å². The first kappa shape index (κ1) is 15.9. The molecule has 4 heteroatoms. The molecule has 0 saturated heterocycles. The molecule has 0 fully saturated rings. The standard InChI is InChI=1S/C15H22F3N/c1-10(2)5-7-12(4)19-13-8-6-11(3)14(9-13)15(16,17)18/h6,8-10,12,19H,5,7H2,1-4H3. The van der Waals surface area contributed by atoms with Crippen molar-refractivity contribution < 1.29 is 13.2 Å². The second-order valence-electron chi connectivity index (χ2n) is 5.54. The Labute approximate surface area is 113 Å². The Bertz CT molecular complexity index is 410.